The number of carbonyl (C=O) groups excluding carboxylic acids is 7. The van der Waals surface area contributed by atoms with Gasteiger partial charge in [-0.3, -0.25) is 29.2 Å². The molecule has 4 unspecified atom stereocenters. The molecule has 15 nitrogen and oxygen atoms in total. The van der Waals surface area contributed by atoms with Crippen LogP contribution >= 0.6 is 0 Å². The van der Waals surface area contributed by atoms with E-state index in [0.29, 0.717) is 67.1 Å². The molecule has 4 atom stereocenters. The number of hydrogen-bond acceptors (Lipinski definition) is 10. The molecule has 15 heteroatoms. The summed E-state index contributed by atoms with van der Waals surface area (Å²) in [5.41, 5.74) is 5.18. The SMILES string of the molecule is C#CCCCC(=O)NCCCCC(C=O)N(N)N(C(=O)C(Cc1c[nH]c2ccccc12)NC(=O)C(CC(=O)NO)Cc1ccccc1)C(C=O)Cc1ccc(C(=O)c2ccccc2)cc1. The highest BCUT2D eigenvalue weighted by Crippen LogP contribution is 2.23. The molecule has 0 spiro atoms. The van der Waals surface area contributed by atoms with Crippen LogP contribution in [0, 0.1) is 18.3 Å². The predicted molar refractivity (Wildman–Crippen MR) is 244 cm³/mol. The Balaban J connectivity index is 1.48. The Morgan fingerprint density at radius 3 is 2.08 bits per heavy atom. The standard InChI is InChI=1S/C50H55N7O8/c1-2-3-6-22-46(60)52-27-14-13-19-41(33-58)57(51)56(42(34-59)29-36-23-25-38(26-24-36)48(62)37-17-9-5-10-18-37)50(64)45(30-40-32-53-44-21-12-11-20-43(40)44)54-49(63)39(31-47(61)55-65)28-35-15-7-4-8-16-35/h1,4-5,7-12,15-18,20-21,23-26,32-34,39,41-42,45,53,65H,3,6,13-14,19,22,27-31,51H2,(H,52,60)(H,54,63)(H,55,61). The Labute approximate surface area is 378 Å². The largest absolute Gasteiger partial charge is 0.361 e. The number of fused-ring (bicyclic) bond motifs is 1. The van der Waals surface area contributed by atoms with Gasteiger partial charge in [-0.2, -0.15) is 0 Å². The Morgan fingerprint density at radius 1 is 0.754 bits per heavy atom. The number of aromatic amines is 1. The molecule has 0 aliphatic carbocycles. The number of rotatable bonds is 26. The van der Waals surface area contributed by atoms with Crippen LogP contribution in [0.5, 0.6) is 0 Å². The molecular formula is C50H55N7O8. The van der Waals surface area contributed by atoms with Gasteiger partial charge in [0.15, 0.2) is 5.78 Å². The van der Waals surface area contributed by atoms with Crippen LogP contribution in [0.2, 0.25) is 0 Å². The lowest BCUT2D eigenvalue weighted by Gasteiger charge is -2.40. The molecule has 0 aliphatic rings. The number of aromatic nitrogens is 1. The summed E-state index contributed by atoms with van der Waals surface area (Å²) in [6, 6.07) is 27.8. The molecule has 4 aromatic carbocycles. The van der Waals surface area contributed by atoms with E-state index in [2.05, 4.69) is 21.5 Å². The topological polar surface area (TPSA) is 224 Å². The van der Waals surface area contributed by atoms with Crippen molar-refractivity contribution in [2.75, 3.05) is 6.54 Å². The number of aldehydes is 2. The van der Waals surface area contributed by atoms with Crippen LogP contribution in [-0.2, 0) is 48.0 Å². The van der Waals surface area contributed by atoms with Gasteiger partial charge in [0.05, 0.1) is 5.92 Å². The van der Waals surface area contributed by atoms with Crippen molar-refractivity contribution < 1.29 is 38.8 Å². The van der Waals surface area contributed by atoms with E-state index < -0.39 is 48.2 Å². The Kier molecular flexibility index (Phi) is 18.9. The fraction of sp³-hybridized carbons (Fsp3) is 0.300. The second-order valence-electron chi connectivity index (χ2n) is 15.7. The van der Waals surface area contributed by atoms with Crippen LogP contribution in [-0.4, -0.2) is 87.0 Å². The molecule has 0 fully saturated rings. The predicted octanol–water partition coefficient (Wildman–Crippen LogP) is 4.57. The summed E-state index contributed by atoms with van der Waals surface area (Å²) in [4.78, 5) is 96.8. The molecular weight excluding hydrogens is 827 g/mol. The zero-order valence-electron chi connectivity index (χ0n) is 36.1. The summed E-state index contributed by atoms with van der Waals surface area (Å²) >= 11 is 0. The number of carbonyl (C=O) groups is 7. The number of hydroxylamine groups is 1. The van der Waals surface area contributed by atoms with Crippen molar-refractivity contribution in [3.8, 4) is 12.3 Å². The van der Waals surface area contributed by atoms with Crippen LogP contribution in [0.4, 0.5) is 0 Å². The minimum atomic E-state index is -1.41. The van der Waals surface area contributed by atoms with Gasteiger partial charge >= 0.3 is 0 Å². The maximum Gasteiger partial charge on any atom is 0.261 e. The quantitative estimate of drug-likeness (QED) is 0.00864. The van der Waals surface area contributed by atoms with Crippen LogP contribution < -0.4 is 22.0 Å². The number of para-hydroxylation sites is 1. The van der Waals surface area contributed by atoms with Crippen molar-refractivity contribution in [2.45, 2.75) is 82.3 Å². The first-order valence-electron chi connectivity index (χ1n) is 21.5. The fourth-order valence-corrected chi connectivity index (χ4v) is 7.59. The monoisotopic (exact) mass is 881 g/mol. The van der Waals surface area contributed by atoms with Gasteiger partial charge in [0.25, 0.3) is 5.91 Å². The Hall–Kier alpha value is -7.25. The van der Waals surface area contributed by atoms with E-state index >= 15 is 4.79 Å². The average Bonchev–Trinajstić information content (AvgIpc) is 3.74. The molecule has 1 heterocycles. The highest BCUT2D eigenvalue weighted by Gasteiger charge is 2.38. The molecule has 0 radical (unpaired) electrons. The summed E-state index contributed by atoms with van der Waals surface area (Å²) in [5, 5.41) is 17.8. The van der Waals surface area contributed by atoms with E-state index in [1.165, 1.54) is 0 Å². The highest BCUT2D eigenvalue weighted by molar-refractivity contribution is 6.09. The molecule has 65 heavy (non-hydrogen) atoms. The van der Waals surface area contributed by atoms with Gasteiger partial charge in [0.2, 0.25) is 17.7 Å². The van der Waals surface area contributed by atoms with E-state index in [-0.39, 0.29) is 43.8 Å². The number of hydrogen-bond donors (Lipinski definition) is 6. The van der Waals surface area contributed by atoms with Crippen molar-refractivity contribution in [3.63, 3.8) is 0 Å². The molecule has 5 aromatic rings. The van der Waals surface area contributed by atoms with Gasteiger partial charge in [0.1, 0.15) is 30.7 Å². The van der Waals surface area contributed by atoms with E-state index in [9.17, 15) is 34.0 Å². The van der Waals surface area contributed by atoms with Crippen LogP contribution in [0.1, 0.15) is 77.6 Å². The van der Waals surface area contributed by atoms with Gasteiger partial charge in [-0.25, -0.2) is 16.3 Å². The van der Waals surface area contributed by atoms with Gasteiger partial charge in [0, 0.05) is 66.9 Å². The normalized spacial score (nSPS) is 12.8. The number of unbranched alkanes of at least 4 members (excludes halogenated alkanes) is 2. The van der Waals surface area contributed by atoms with Gasteiger partial charge < -0.3 is 25.2 Å². The molecule has 5 rings (SSSR count). The number of nitrogens with one attached hydrogen (secondary N) is 4. The fourth-order valence-electron chi connectivity index (χ4n) is 7.59. The number of terminal acetylenes is 1. The number of amides is 4. The van der Waals surface area contributed by atoms with Crippen LogP contribution in [0.25, 0.3) is 10.9 Å². The zero-order valence-corrected chi connectivity index (χ0v) is 36.1. The molecule has 1 aromatic heterocycles. The first kappa shape index (κ1) is 48.8. The third-order valence-corrected chi connectivity index (χ3v) is 11.1. The minimum Gasteiger partial charge on any atom is -0.361 e. The number of ketones is 1. The third-order valence-electron chi connectivity index (χ3n) is 11.1. The van der Waals surface area contributed by atoms with Crippen LogP contribution in [0.3, 0.4) is 0 Å². The number of benzene rings is 4. The van der Waals surface area contributed by atoms with Crippen molar-refractivity contribution in [2.24, 2.45) is 11.8 Å². The summed E-state index contributed by atoms with van der Waals surface area (Å²) in [7, 11) is 0. The summed E-state index contributed by atoms with van der Waals surface area (Å²) in [6.45, 7) is 0.324. The zero-order chi connectivity index (χ0) is 46.6. The minimum absolute atomic E-state index is 0.0825. The Morgan fingerprint density at radius 2 is 1.40 bits per heavy atom. The van der Waals surface area contributed by atoms with E-state index in [4.69, 9.17) is 12.3 Å². The van der Waals surface area contributed by atoms with Crippen molar-refractivity contribution in [3.05, 3.63) is 143 Å². The first-order valence-corrected chi connectivity index (χ1v) is 21.5. The lowest BCUT2D eigenvalue weighted by molar-refractivity contribution is -0.168. The highest BCUT2D eigenvalue weighted by atomic mass is 16.5. The van der Waals surface area contributed by atoms with Crippen LogP contribution in [0.15, 0.2) is 115 Å². The third kappa shape index (κ3) is 14.1. The maximum absolute atomic E-state index is 15.3. The molecule has 0 aliphatic heterocycles. The summed E-state index contributed by atoms with van der Waals surface area (Å²) in [6.07, 6.45) is 9.90. The molecule has 0 bridgehead atoms. The molecule has 0 saturated carbocycles. The van der Waals surface area contributed by atoms with Crippen molar-refractivity contribution in [1.29, 1.82) is 0 Å². The lowest BCUT2D eigenvalue weighted by Crippen LogP contribution is -2.65. The molecule has 0 saturated heterocycles. The smallest absolute Gasteiger partial charge is 0.261 e. The van der Waals surface area contributed by atoms with E-state index in [0.717, 1.165) is 26.6 Å². The maximum atomic E-state index is 15.3. The number of nitrogens with two attached hydrogens (primary N) is 1. The van der Waals surface area contributed by atoms with Gasteiger partial charge in [-0.15, -0.1) is 17.5 Å². The van der Waals surface area contributed by atoms with E-state index in [1.807, 2.05) is 30.3 Å². The average molecular weight is 882 g/mol. The molecule has 4 amide bonds. The lowest BCUT2D eigenvalue weighted by atomic mass is 9.94. The second kappa shape index (κ2) is 25.1. The van der Waals surface area contributed by atoms with Gasteiger partial charge in [-0.05, 0) is 54.9 Å². The van der Waals surface area contributed by atoms with Crippen molar-refractivity contribution in [1.82, 2.24) is 31.2 Å². The number of nitrogens with zero attached hydrogens (tertiary/aromatic N) is 2. The summed E-state index contributed by atoms with van der Waals surface area (Å²) < 4.78 is 0. The Bertz CT molecular complexity index is 2420. The number of hydrazine groups is 2. The number of H-pyrrole nitrogens is 1. The van der Waals surface area contributed by atoms with E-state index in [1.54, 1.807) is 90.5 Å². The summed E-state index contributed by atoms with van der Waals surface area (Å²) in [5.74, 6) is 5.53. The van der Waals surface area contributed by atoms with Crippen molar-refractivity contribution >= 4 is 52.9 Å². The first-order chi connectivity index (χ1) is 31.6. The molecule has 338 valence electrons. The molecule has 7 N–H and O–H groups in total. The second-order valence-corrected chi connectivity index (χ2v) is 15.7. The van der Waals surface area contributed by atoms with Gasteiger partial charge in [-0.1, -0.05) is 103 Å².